The van der Waals surface area contributed by atoms with Gasteiger partial charge in [0.15, 0.2) is 0 Å². The van der Waals surface area contributed by atoms with E-state index < -0.39 is 5.41 Å². The van der Waals surface area contributed by atoms with Crippen molar-refractivity contribution in [1.29, 1.82) is 0 Å². The summed E-state index contributed by atoms with van der Waals surface area (Å²) in [6, 6.07) is 80.1. The summed E-state index contributed by atoms with van der Waals surface area (Å²) in [4.78, 5) is 6.57. The lowest BCUT2D eigenvalue weighted by atomic mass is 9.36. The summed E-state index contributed by atoms with van der Waals surface area (Å²) in [6.07, 6.45) is 0. The first-order chi connectivity index (χ1) is 33.3. The van der Waals surface area contributed by atoms with Gasteiger partial charge >= 0.3 is 0 Å². The molecule has 0 saturated heterocycles. The van der Waals surface area contributed by atoms with Gasteiger partial charge in [-0.3, -0.25) is 0 Å². The molecule has 322 valence electrons. The summed E-state index contributed by atoms with van der Waals surface area (Å²) in [6.45, 7) is 9.26. The van der Waals surface area contributed by atoms with Crippen molar-refractivity contribution in [2.24, 2.45) is 0 Å². The molecule has 0 saturated carbocycles. The molecule has 0 amide bonds. The molecule has 3 heterocycles. The maximum atomic E-state index is 2.61. The number of aryl methyl sites for hydroxylation is 1. The second-order valence-electron chi connectivity index (χ2n) is 20.0. The summed E-state index contributed by atoms with van der Waals surface area (Å²) < 4.78 is 1.40. The van der Waals surface area contributed by atoms with Crippen LogP contribution in [0.15, 0.2) is 212 Å². The Morgan fingerprint density at radius 1 is 0.456 bits per heavy atom. The minimum absolute atomic E-state index is 0.00256. The Balaban J connectivity index is 1.08. The van der Waals surface area contributed by atoms with Gasteiger partial charge in [-0.05, 0) is 139 Å². The second kappa shape index (κ2) is 14.4. The zero-order valence-electron chi connectivity index (χ0n) is 38.6. The number of fused-ring (bicyclic) bond motifs is 15. The van der Waals surface area contributed by atoms with Gasteiger partial charge in [0.05, 0.1) is 11.1 Å². The molecule has 0 radical (unpaired) electrons. The van der Waals surface area contributed by atoms with Gasteiger partial charge in [0.1, 0.15) is 0 Å². The van der Waals surface area contributed by atoms with Crippen molar-refractivity contribution in [3.8, 4) is 44.5 Å². The number of rotatable bonds is 4. The van der Waals surface area contributed by atoms with Gasteiger partial charge in [0.2, 0.25) is 0 Å². The molecule has 0 fully saturated rings. The molecule has 14 rings (SSSR count). The fourth-order valence-corrected chi connectivity index (χ4v) is 14.3. The second-order valence-corrected chi connectivity index (χ2v) is 21.0. The van der Waals surface area contributed by atoms with E-state index in [9.17, 15) is 0 Å². The lowest BCUT2D eigenvalue weighted by Crippen LogP contribution is -2.60. The van der Waals surface area contributed by atoms with Gasteiger partial charge in [-0.15, -0.1) is 11.3 Å². The van der Waals surface area contributed by atoms with Crippen LogP contribution in [-0.2, 0) is 10.8 Å². The van der Waals surface area contributed by atoms with Gasteiger partial charge < -0.3 is 9.80 Å². The summed E-state index contributed by atoms with van der Waals surface area (Å²) in [5, 5.41) is 0. The third-order valence-corrected chi connectivity index (χ3v) is 16.7. The van der Waals surface area contributed by atoms with Crippen molar-refractivity contribution in [1.82, 2.24) is 0 Å². The summed E-state index contributed by atoms with van der Waals surface area (Å²) >= 11 is 2.05. The van der Waals surface area contributed by atoms with Crippen LogP contribution in [0.3, 0.4) is 0 Å². The first-order valence-electron chi connectivity index (χ1n) is 24.0. The Bertz CT molecular complexity index is 3650. The maximum absolute atomic E-state index is 2.61. The van der Waals surface area contributed by atoms with E-state index in [1.807, 2.05) is 11.3 Å². The zero-order valence-corrected chi connectivity index (χ0v) is 39.4. The van der Waals surface area contributed by atoms with Gasteiger partial charge in [-0.25, -0.2) is 0 Å². The number of para-hydroxylation sites is 2. The number of hydrogen-bond acceptors (Lipinski definition) is 3. The molecule has 4 aliphatic rings. The molecular weight excluding hydrogens is 840 g/mol. The number of benzene rings is 9. The highest BCUT2D eigenvalue weighted by molar-refractivity contribution is 7.30. The summed E-state index contributed by atoms with van der Waals surface area (Å²) in [5.74, 6) is 0. The largest absolute Gasteiger partial charge is 0.311 e. The van der Waals surface area contributed by atoms with E-state index in [1.165, 1.54) is 121 Å². The Morgan fingerprint density at radius 3 is 1.62 bits per heavy atom. The minimum atomic E-state index is -0.444. The first kappa shape index (κ1) is 39.5. The van der Waals surface area contributed by atoms with Crippen LogP contribution in [0.25, 0.3) is 44.5 Å². The van der Waals surface area contributed by atoms with Crippen molar-refractivity contribution in [3.63, 3.8) is 0 Å². The normalized spacial score (nSPS) is 14.2. The van der Waals surface area contributed by atoms with Gasteiger partial charge in [-0.2, -0.15) is 0 Å². The molecule has 2 aliphatic carbocycles. The molecule has 4 heteroatoms. The van der Waals surface area contributed by atoms with Gasteiger partial charge in [0.25, 0.3) is 6.71 Å². The molecule has 2 aliphatic heterocycles. The molecule has 68 heavy (non-hydrogen) atoms. The van der Waals surface area contributed by atoms with Crippen LogP contribution < -0.4 is 25.5 Å². The fourth-order valence-electron chi connectivity index (χ4n) is 12.7. The molecule has 0 unspecified atom stereocenters. The number of anilines is 6. The van der Waals surface area contributed by atoms with Gasteiger partial charge in [-0.1, -0.05) is 185 Å². The SMILES string of the molecule is Cc1cc(-c2ccc3c(c2)N(c2ccccc2)c2cccc4c2B3c2sc3c(c2N4c2ccccc2)-c2ccccc2C32c3ccccc3-c3ccccc32)c(-c2ccccc2)cc1C(C)(C)C. The smallest absolute Gasteiger partial charge is 0.264 e. The maximum Gasteiger partial charge on any atom is 0.264 e. The highest BCUT2D eigenvalue weighted by Crippen LogP contribution is 2.67. The van der Waals surface area contributed by atoms with E-state index in [-0.39, 0.29) is 12.1 Å². The van der Waals surface area contributed by atoms with Crippen LogP contribution in [0.5, 0.6) is 0 Å². The zero-order chi connectivity index (χ0) is 45.5. The predicted molar refractivity (Wildman–Crippen MR) is 289 cm³/mol. The van der Waals surface area contributed by atoms with Crippen molar-refractivity contribution < 1.29 is 0 Å². The molecule has 9 aromatic carbocycles. The lowest BCUT2D eigenvalue weighted by molar-refractivity contribution is 0.586. The van der Waals surface area contributed by atoms with E-state index in [0.717, 1.165) is 5.69 Å². The standard InChI is InChI=1S/C64H47BN2S/c1-40-37-48(49(39-53(40)63(2,3)4)41-21-8-5-9-22-41)42-35-36-54-57(38-42)66(43-23-10-6-11-24-43)55-33-20-34-56-59(55)65(54)62-60(67(56)44-25-12-7-13-26-44)58-47-29-16-19-32-52(47)64(61(58)68-62)50-30-17-14-27-45(50)46-28-15-18-31-51(46)64/h5-39H,1-4H3. The van der Waals surface area contributed by atoms with Crippen LogP contribution in [0.2, 0.25) is 0 Å². The van der Waals surface area contributed by atoms with E-state index in [0.29, 0.717) is 0 Å². The van der Waals surface area contributed by atoms with E-state index >= 15 is 0 Å². The number of nitrogens with zero attached hydrogens (tertiary/aromatic N) is 2. The van der Waals surface area contributed by atoms with Crippen LogP contribution >= 0.6 is 11.3 Å². The van der Waals surface area contributed by atoms with Crippen molar-refractivity contribution >= 4 is 67.9 Å². The fraction of sp³-hybridized carbons (Fsp3) is 0.0938. The quantitative estimate of drug-likeness (QED) is 0.163. The Hall–Kier alpha value is -7.66. The molecule has 0 atom stereocenters. The van der Waals surface area contributed by atoms with E-state index in [4.69, 9.17) is 0 Å². The molecule has 1 spiro atoms. The van der Waals surface area contributed by atoms with Gasteiger partial charge in [0, 0.05) is 43.7 Å². The first-order valence-corrected chi connectivity index (χ1v) is 24.8. The van der Waals surface area contributed by atoms with Crippen molar-refractivity contribution in [3.05, 3.63) is 245 Å². The van der Waals surface area contributed by atoms with Crippen molar-refractivity contribution in [2.45, 2.75) is 38.5 Å². The molecule has 1 aromatic heterocycles. The number of hydrogen-bond donors (Lipinski definition) is 0. The van der Waals surface area contributed by atoms with Crippen LogP contribution in [-0.4, -0.2) is 6.71 Å². The Labute approximate surface area is 403 Å². The Morgan fingerprint density at radius 2 is 0.985 bits per heavy atom. The lowest BCUT2D eigenvalue weighted by Gasteiger charge is -2.43. The van der Waals surface area contributed by atoms with Crippen molar-refractivity contribution in [2.75, 3.05) is 9.80 Å². The van der Waals surface area contributed by atoms with E-state index in [2.05, 4.69) is 250 Å². The topological polar surface area (TPSA) is 6.48 Å². The molecule has 2 nitrogen and oxygen atoms in total. The average molecular weight is 887 g/mol. The van der Waals surface area contributed by atoms with E-state index in [1.54, 1.807) is 0 Å². The monoisotopic (exact) mass is 886 g/mol. The molecular formula is C64H47BN2S. The minimum Gasteiger partial charge on any atom is -0.311 e. The highest BCUT2D eigenvalue weighted by Gasteiger charge is 2.56. The summed E-state index contributed by atoms with van der Waals surface area (Å²) in [7, 11) is 0. The molecule has 0 bridgehead atoms. The predicted octanol–water partition coefficient (Wildman–Crippen LogP) is 15.1. The number of thiophene rings is 1. The van der Waals surface area contributed by atoms with Crippen LogP contribution in [0.4, 0.5) is 34.1 Å². The third kappa shape index (κ3) is 5.30. The average Bonchev–Trinajstić information content (AvgIpc) is 4.01. The van der Waals surface area contributed by atoms with Crippen LogP contribution in [0, 0.1) is 6.92 Å². The highest BCUT2D eigenvalue weighted by atomic mass is 32.1. The summed E-state index contributed by atoms with van der Waals surface area (Å²) in [5.41, 5.74) is 26.7. The third-order valence-electron chi connectivity index (χ3n) is 15.3. The Kier molecular flexibility index (Phi) is 8.38. The van der Waals surface area contributed by atoms with Crippen LogP contribution in [0.1, 0.15) is 53.5 Å². The molecule has 0 N–H and O–H groups in total. The molecule has 10 aromatic rings.